The van der Waals surface area contributed by atoms with Crippen molar-refractivity contribution in [1.82, 2.24) is 0 Å². The van der Waals surface area contributed by atoms with Crippen molar-refractivity contribution in [3.05, 3.63) is 60.2 Å². The van der Waals surface area contributed by atoms with E-state index in [1.54, 1.807) is 69.3 Å². The molecule has 0 aromatic heterocycles. The molecule has 0 aliphatic rings. The van der Waals surface area contributed by atoms with E-state index in [4.69, 9.17) is 4.74 Å². The van der Waals surface area contributed by atoms with E-state index in [-0.39, 0.29) is 5.91 Å². The quantitative estimate of drug-likeness (QED) is 0.810. The zero-order valence-corrected chi connectivity index (χ0v) is 13.8. The molecular weight excluding hydrogens is 306 g/mol. The van der Waals surface area contributed by atoms with E-state index in [0.29, 0.717) is 16.9 Å². The topological polar surface area (TPSA) is 80.1 Å². The minimum atomic E-state index is -0.785. The van der Waals surface area contributed by atoms with E-state index >= 15 is 0 Å². The number of azo groups is 1. The molecule has 0 atom stereocenters. The number of hydrogen-bond acceptors (Lipinski definition) is 4. The van der Waals surface area contributed by atoms with Gasteiger partial charge in [-0.2, -0.15) is 0 Å². The number of carbonyl (C=O) groups is 2. The highest BCUT2D eigenvalue weighted by Gasteiger charge is 2.16. The number of carbonyl (C=O) groups excluding carboxylic acids is 2. The number of para-hydroxylation sites is 1. The van der Waals surface area contributed by atoms with Crippen LogP contribution in [0.4, 0.5) is 16.2 Å². The normalized spacial score (nSPS) is 11.3. The van der Waals surface area contributed by atoms with Gasteiger partial charge in [-0.15, -0.1) is 5.11 Å². The van der Waals surface area contributed by atoms with Crippen LogP contribution in [0.3, 0.4) is 0 Å². The Balaban J connectivity index is 2.13. The Kier molecular flexibility index (Phi) is 5.42. The van der Waals surface area contributed by atoms with Gasteiger partial charge in [0.2, 0.25) is 0 Å². The van der Waals surface area contributed by atoms with Crippen LogP contribution in [0.25, 0.3) is 0 Å². The van der Waals surface area contributed by atoms with Gasteiger partial charge in [0.15, 0.2) is 0 Å². The molecule has 2 amide bonds. The predicted molar refractivity (Wildman–Crippen MR) is 91.6 cm³/mol. The average molecular weight is 325 g/mol. The molecule has 6 nitrogen and oxygen atoms in total. The average Bonchev–Trinajstić information content (AvgIpc) is 2.53. The summed E-state index contributed by atoms with van der Waals surface area (Å²) >= 11 is 0. The molecule has 124 valence electrons. The molecule has 24 heavy (non-hydrogen) atoms. The molecule has 0 bridgehead atoms. The van der Waals surface area contributed by atoms with Crippen LogP contribution < -0.4 is 5.32 Å². The number of ether oxygens (including phenoxy) is 1. The highest BCUT2D eigenvalue weighted by molar-refractivity contribution is 6.05. The summed E-state index contributed by atoms with van der Waals surface area (Å²) in [5.74, 6) is -0.268. The second-order valence-corrected chi connectivity index (χ2v) is 6.02. The fourth-order valence-corrected chi connectivity index (χ4v) is 1.83. The van der Waals surface area contributed by atoms with Gasteiger partial charge in [0.25, 0.3) is 5.91 Å². The van der Waals surface area contributed by atoms with Gasteiger partial charge in [0.05, 0.1) is 5.69 Å². The van der Waals surface area contributed by atoms with Crippen molar-refractivity contribution in [2.75, 3.05) is 5.32 Å². The SMILES string of the molecule is CC(C)(C)OC(=O)N=Nc1ccccc1NC(=O)c1ccccc1. The van der Waals surface area contributed by atoms with Gasteiger partial charge >= 0.3 is 6.09 Å². The van der Waals surface area contributed by atoms with Gasteiger partial charge in [0.1, 0.15) is 11.3 Å². The summed E-state index contributed by atoms with van der Waals surface area (Å²) < 4.78 is 5.06. The Morgan fingerprint density at radius 3 is 2.25 bits per heavy atom. The number of nitrogens with zero attached hydrogens (tertiary/aromatic N) is 2. The zero-order valence-electron chi connectivity index (χ0n) is 13.8. The van der Waals surface area contributed by atoms with Crippen LogP contribution in [0.2, 0.25) is 0 Å². The van der Waals surface area contributed by atoms with E-state index in [2.05, 4.69) is 15.5 Å². The summed E-state index contributed by atoms with van der Waals surface area (Å²) in [4.78, 5) is 23.8. The van der Waals surface area contributed by atoms with Gasteiger partial charge in [0, 0.05) is 5.56 Å². The van der Waals surface area contributed by atoms with E-state index in [9.17, 15) is 9.59 Å². The van der Waals surface area contributed by atoms with Gasteiger partial charge in [-0.1, -0.05) is 35.4 Å². The van der Waals surface area contributed by atoms with Gasteiger partial charge in [-0.3, -0.25) is 4.79 Å². The van der Waals surface area contributed by atoms with E-state index in [0.717, 1.165) is 0 Å². The number of nitrogens with one attached hydrogen (secondary N) is 1. The molecule has 2 aromatic rings. The van der Waals surface area contributed by atoms with Crippen LogP contribution in [-0.2, 0) is 4.74 Å². The molecular formula is C18H19N3O3. The number of hydrogen-bond donors (Lipinski definition) is 1. The van der Waals surface area contributed by atoms with Gasteiger partial charge < -0.3 is 10.1 Å². The number of amides is 2. The van der Waals surface area contributed by atoms with Crippen LogP contribution in [0.15, 0.2) is 64.8 Å². The summed E-state index contributed by atoms with van der Waals surface area (Å²) in [6, 6.07) is 15.6. The van der Waals surface area contributed by atoms with Crippen molar-refractivity contribution in [2.24, 2.45) is 10.2 Å². The van der Waals surface area contributed by atoms with E-state index in [1.165, 1.54) is 0 Å². The Morgan fingerprint density at radius 1 is 0.958 bits per heavy atom. The first-order valence-electron chi connectivity index (χ1n) is 7.45. The fourth-order valence-electron chi connectivity index (χ4n) is 1.83. The maximum absolute atomic E-state index is 12.2. The maximum Gasteiger partial charge on any atom is 0.452 e. The van der Waals surface area contributed by atoms with Crippen molar-refractivity contribution in [3.63, 3.8) is 0 Å². The molecule has 0 saturated heterocycles. The monoisotopic (exact) mass is 325 g/mol. The molecule has 0 aliphatic carbocycles. The van der Waals surface area contributed by atoms with Crippen molar-refractivity contribution in [3.8, 4) is 0 Å². The second-order valence-electron chi connectivity index (χ2n) is 6.02. The lowest BCUT2D eigenvalue weighted by Gasteiger charge is -2.16. The van der Waals surface area contributed by atoms with Gasteiger partial charge in [-0.25, -0.2) is 4.79 Å². The standard InChI is InChI=1S/C18H19N3O3/c1-18(2,3)24-17(23)21-20-15-12-8-7-11-14(15)19-16(22)13-9-5-4-6-10-13/h4-12H,1-3H3,(H,19,22). The molecule has 0 aliphatic heterocycles. The first-order chi connectivity index (χ1) is 11.3. The van der Waals surface area contributed by atoms with E-state index in [1.807, 2.05) is 6.07 Å². The molecule has 2 aromatic carbocycles. The van der Waals surface area contributed by atoms with Crippen molar-refractivity contribution < 1.29 is 14.3 Å². The molecule has 2 rings (SSSR count). The van der Waals surface area contributed by atoms with Gasteiger partial charge in [-0.05, 0) is 45.0 Å². The summed E-state index contributed by atoms with van der Waals surface area (Å²) in [6.45, 7) is 5.23. The fraction of sp³-hybridized carbons (Fsp3) is 0.222. The number of rotatable bonds is 3. The molecule has 6 heteroatoms. The van der Waals surface area contributed by atoms with Crippen LogP contribution >= 0.6 is 0 Å². The molecule has 0 fully saturated rings. The lowest BCUT2D eigenvalue weighted by molar-refractivity contribution is 0.0592. The van der Waals surface area contributed by atoms with Crippen LogP contribution in [0, 0.1) is 0 Å². The Bertz CT molecular complexity index is 750. The summed E-state index contributed by atoms with van der Waals surface area (Å²) in [5, 5.41) is 10.2. The van der Waals surface area contributed by atoms with Crippen molar-refractivity contribution >= 4 is 23.4 Å². The Labute approximate surface area is 140 Å². The zero-order chi connectivity index (χ0) is 17.6. The largest absolute Gasteiger partial charge is 0.452 e. The third kappa shape index (κ3) is 5.31. The highest BCUT2D eigenvalue weighted by Crippen LogP contribution is 2.25. The first kappa shape index (κ1) is 17.3. The Morgan fingerprint density at radius 2 is 1.58 bits per heavy atom. The van der Waals surface area contributed by atoms with E-state index < -0.39 is 11.7 Å². The minimum absolute atomic E-state index is 0.268. The van der Waals surface area contributed by atoms with Crippen LogP contribution in [-0.4, -0.2) is 17.6 Å². The minimum Gasteiger partial charge on any atom is -0.441 e. The molecule has 0 unspecified atom stereocenters. The maximum atomic E-state index is 12.2. The molecule has 0 radical (unpaired) electrons. The van der Waals surface area contributed by atoms with Crippen LogP contribution in [0.5, 0.6) is 0 Å². The number of anilines is 1. The lowest BCUT2D eigenvalue weighted by atomic mass is 10.2. The van der Waals surface area contributed by atoms with Crippen molar-refractivity contribution in [2.45, 2.75) is 26.4 Å². The van der Waals surface area contributed by atoms with Crippen LogP contribution in [0.1, 0.15) is 31.1 Å². The first-order valence-corrected chi connectivity index (χ1v) is 7.45. The highest BCUT2D eigenvalue weighted by atomic mass is 16.6. The molecule has 0 saturated carbocycles. The van der Waals surface area contributed by atoms with Crippen molar-refractivity contribution in [1.29, 1.82) is 0 Å². The third-order valence-electron chi connectivity index (χ3n) is 2.82. The number of benzene rings is 2. The molecule has 0 heterocycles. The third-order valence-corrected chi connectivity index (χ3v) is 2.82. The predicted octanol–water partition coefficient (Wildman–Crippen LogP) is 4.96. The molecule has 0 spiro atoms. The summed E-state index contributed by atoms with van der Waals surface area (Å²) in [7, 11) is 0. The molecule has 1 N–H and O–H groups in total. The Hall–Kier alpha value is -3.02. The summed E-state index contributed by atoms with van der Waals surface area (Å²) in [6.07, 6.45) is -0.785. The lowest BCUT2D eigenvalue weighted by Crippen LogP contribution is -2.21. The summed E-state index contributed by atoms with van der Waals surface area (Å²) in [5.41, 5.74) is 0.708. The smallest absolute Gasteiger partial charge is 0.441 e. The second kappa shape index (κ2) is 7.50.